The van der Waals surface area contributed by atoms with Gasteiger partial charge in [0.1, 0.15) is 16.6 Å². The summed E-state index contributed by atoms with van der Waals surface area (Å²) in [5.74, 6) is 0.336. The van der Waals surface area contributed by atoms with Crippen LogP contribution >= 0.6 is 27.3 Å². The van der Waals surface area contributed by atoms with Crippen LogP contribution in [0.3, 0.4) is 0 Å². The lowest BCUT2D eigenvalue weighted by atomic mass is 10.2. The highest BCUT2D eigenvalue weighted by Crippen LogP contribution is 2.36. The SMILES string of the molecule is COc1ccc(F)cc1-c1nc(C)c(Br)s1. The number of halogens is 2. The van der Waals surface area contributed by atoms with Gasteiger partial charge in [-0.15, -0.1) is 11.3 Å². The number of methoxy groups -OCH3 is 1. The second-order valence-electron chi connectivity index (χ2n) is 3.22. The molecule has 1 aromatic carbocycles. The minimum absolute atomic E-state index is 0.292. The molecule has 0 saturated carbocycles. The molecule has 0 spiro atoms. The van der Waals surface area contributed by atoms with Crippen LogP contribution < -0.4 is 4.74 Å². The molecule has 0 aliphatic rings. The molecule has 0 N–H and O–H groups in total. The highest BCUT2D eigenvalue weighted by molar-refractivity contribution is 9.11. The number of benzene rings is 1. The minimum Gasteiger partial charge on any atom is -0.496 e. The van der Waals surface area contributed by atoms with Gasteiger partial charge in [-0.05, 0) is 41.1 Å². The largest absolute Gasteiger partial charge is 0.496 e. The van der Waals surface area contributed by atoms with Gasteiger partial charge < -0.3 is 4.74 Å². The number of hydrogen-bond acceptors (Lipinski definition) is 3. The topological polar surface area (TPSA) is 22.1 Å². The normalized spacial score (nSPS) is 10.5. The summed E-state index contributed by atoms with van der Waals surface area (Å²) in [6.45, 7) is 1.90. The zero-order chi connectivity index (χ0) is 11.7. The number of rotatable bonds is 2. The van der Waals surface area contributed by atoms with Gasteiger partial charge in [0.15, 0.2) is 0 Å². The summed E-state index contributed by atoms with van der Waals surface area (Å²) in [7, 11) is 1.56. The summed E-state index contributed by atoms with van der Waals surface area (Å²) in [4.78, 5) is 4.36. The number of aryl methyl sites for hydroxylation is 1. The molecule has 2 rings (SSSR count). The zero-order valence-corrected chi connectivity index (χ0v) is 11.2. The number of aromatic nitrogens is 1. The summed E-state index contributed by atoms with van der Waals surface area (Å²) >= 11 is 4.86. The first kappa shape index (κ1) is 11.5. The molecular weight excluding hydrogens is 293 g/mol. The third-order valence-electron chi connectivity index (χ3n) is 2.13. The minimum atomic E-state index is -0.292. The van der Waals surface area contributed by atoms with E-state index in [2.05, 4.69) is 20.9 Å². The third-order valence-corrected chi connectivity index (χ3v) is 4.17. The van der Waals surface area contributed by atoms with E-state index in [-0.39, 0.29) is 5.82 Å². The molecule has 16 heavy (non-hydrogen) atoms. The maximum absolute atomic E-state index is 13.2. The van der Waals surface area contributed by atoms with Gasteiger partial charge in [-0.2, -0.15) is 0 Å². The van der Waals surface area contributed by atoms with Crippen molar-refractivity contribution < 1.29 is 9.13 Å². The highest BCUT2D eigenvalue weighted by Gasteiger charge is 2.12. The van der Waals surface area contributed by atoms with Crippen molar-refractivity contribution in [3.8, 4) is 16.3 Å². The van der Waals surface area contributed by atoms with Gasteiger partial charge in [0.2, 0.25) is 0 Å². The van der Waals surface area contributed by atoms with E-state index in [4.69, 9.17) is 4.74 Å². The standard InChI is InChI=1S/C11H9BrFNOS/c1-6-10(12)16-11(14-6)8-5-7(13)3-4-9(8)15-2/h3-5H,1-2H3. The Morgan fingerprint density at radius 2 is 2.19 bits per heavy atom. The van der Waals surface area contributed by atoms with Gasteiger partial charge in [-0.25, -0.2) is 9.37 Å². The Hall–Kier alpha value is -0.940. The zero-order valence-electron chi connectivity index (χ0n) is 8.75. The van der Waals surface area contributed by atoms with Gasteiger partial charge in [-0.1, -0.05) is 0 Å². The summed E-state index contributed by atoms with van der Waals surface area (Å²) in [6.07, 6.45) is 0. The Morgan fingerprint density at radius 3 is 2.75 bits per heavy atom. The van der Waals surface area contributed by atoms with E-state index in [1.165, 1.54) is 23.5 Å². The number of ether oxygens (including phenoxy) is 1. The number of hydrogen-bond donors (Lipinski definition) is 0. The Bertz CT molecular complexity index is 507. The number of nitrogens with zero attached hydrogens (tertiary/aromatic N) is 1. The monoisotopic (exact) mass is 301 g/mol. The van der Waals surface area contributed by atoms with Crippen LogP contribution in [0.15, 0.2) is 22.0 Å². The molecule has 0 aliphatic carbocycles. The van der Waals surface area contributed by atoms with E-state index < -0.39 is 0 Å². The van der Waals surface area contributed by atoms with Crippen LogP contribution in [0.2, 0.25) is 0 Å². The first-order valence-corrected chi connectivity index (χ1v) is 6.19. The molecule has 84 valence electrons. The predicted octanol–water partition coefficient (Wildman–Crippen LogP) is 4.03. The van der Waals surface area contributed by atoms with Crippen molar-refractivity contribution in [3.63, 3.8) is 0 Å². The Balaban J connectivity index is 2.57. The molecule has 2 nitrogen and oxygen atoms in total. The van der Waals surface area contributed by atoms with Crippen LogP contribution in [-0.2, 0) is 0 Å². The van der Waals surface area contributed by atoms with Gasteiger partial charge in [0, 0.05) is 0 Å². The van der Waals surface area contributed by atoms with E-state index in [9.17, 15) is 4.39 Å². The predicted molar refractivity (Wildman–Crippen MR) is 66.5 cm³/mol. The quantitative estimate of drug-likeness (QED) is 0.835. The van der Waals surface area contributed by atoms with Crippen LogP contribution in [-0.4, -0.2) is 12.1 Å². The second kappa shape index (κ2) is 4.51. The lowest BCUT2D eigenvalue weighted by molar-refractivity contribution is 0.415. The van der Waals surface area contributed by atoms with Crippen molar-refractivity contribution in [2.45, 2.75) is 6.92 Å². The average molecular weight is 302 g/mol. The van der Waals surface area contributed by atoms with Crippen molar-refractivity contribution in [1.82, 2.24) is 4.98 Å². The Labute approximate surface area is 105 Å². The average Bonchev–Trinajstić information content (AvgIpc) is 2.59. The van der Waals surface area contributed by atoms with Gasteiger partial charge in [-0.3, -0.25) is 0 Å². The van der Waals surface area contributed by atoms with Crippen molar-refractivity contribution >= 4 is 27.3 Å². The second-order valence-corrected chi connectivity index (χ2v) is 5.54. The van der Waals surface area contributed by atoms with Crippen LogP contribution in [0.25, 0.3) is 10.6 Å². The first-order chi connectivity index (χ1) is 7.61. The fraction of sp³-hybridized carbons (Fsp3) is 0.182. The van der Waals surface area contributed by atoms with E-state index in [1.807, 2.05) is 6.92 Å². The van der Waals surface area contributed by atoms with Crippen molar-refractivity contribution in [2.75, 3.05) is 7.11 Å². The summed E-state index contributed by atoms with van der Waals surface area (Å²) in [5.41, 5.74) is 1.58. The molecule has 0 atom stereocenters. The summed E-state index contributed by atoms with van der Waals surface area (Å²) in [5, 5.41) is 0.751. The van der Waals surface area contributed by atoms with E-state index in [1.54, 1.807) is 13.2 Å². The van der Waals surface area contributed by atoms with E-state index >= 15 is 0 Å². The van der Waals surface area contributed by atoms with Crippen molar-refractivity contribution in [1.29, 1.82) is 0 Å². The highest BCUT2D eigenvalue weighted by atomic mass is 79.9. The van der Waals surface area contributed by atoms with Crippen LogP contribution in [0, 0.1) is 12.7 Å². The van der Waals surface area contributed by atoms with E-state index in [0.717, 1.165) is 14.5 Å². The molecule has 0 fully saturated rings. The molecule has 0 radical (unpaired) electrons. The van der Waals surface area contributed by atoms with Crippen LogP contribution in [0.5, 0.6) is 5.75 Å². The van der Waals surface area contributed by atoms with Gasteiger partial charge in [0.05, 0.1) is 22.2 Å². The molecule has 0 unspecified atom stereocenters. The van der Waals surface area contributed by atoms with Crippen molar-refractivity contribution in [2.24, 2.45) is 0 Å². The lowest BCUT2D eigenvalue weighted by Gasteiger charge is -2.05. The summed E-state index contributed by atoms with van der Waals surface area (Å²) in [6, 6.07) is 4.41. The molecule has 0 aliphatic heterocycles. The Kier molecular flexibility index (Phi) is 3.25. The molecular formula is C11H9BrFNOS. The lowest BCUT2D eigenvalue weighted by Crippen LogP contribution is -1.88. The maximum atomic E-state index is 13.2. The number of thiazole rings is 1. The smallest absolute Gasteiger partial charge is 0.129 e. The fourth-order valence-electron chi connectivity index (χ4n) is 1.34. The van der Waals surface area contributed by atoms with Crippen LogP contribution in [0.4, 0.5) is 4.39 Å². The maximum Gasteiger partial charge on any atom is 0.129 e. The third kappa shape index (κ3) is 2.10. The van der Waals surface area contributed by atoms with Crippen molar-refractivity contribution in [3.05, 3.63) is 33.5 Å². The fourth-order valence-corrected chi connectivity index (χ4v) is 2.70. The molecule has 0 amide bonds. The molecule has 1 aromatic heterocycles. The molecule has 1 heterocycles. The molecule has 2 aromatic rings. The molecule has 0 bridgehead atoms. The van der Waals surface area contributed by atoms with E-state index in [0.29, 0.717) is 11.3 Å². The van der Waals surface area contributed by atoms with Gasteiger partial charge >= 0.3 is 0 Å². The first-order valence-electron chi connectivity index (χ1n) is 4.58. The molecule has 5 heteroatoms. The molecule has 0 saturated heterocycles. The van der Waals surface area contributed by atoms with Crippen LogP contribution in [0.1, 0.15) is 5.69 Å². The summed E-state index contributed by atoms with van der Waals surface area (Å²) < 4.78 is 19.3. The van der Waals surface area contributed by atoms with Gasteiger partial charge in [0.25, 0.3) is 0 Å². The Morgan fingerprint density at radius 1 is 1.44 bits per heavy atom.